The number of amidine groups is 1. The van der Waals surface area contributed by atoms with Crippen LogP contribution in [-0.4, -0.2) is 22.4 Å². The molecule has 128 valence electrons. The maximum Gasteiger partial charge on any atom is 0.185 e. The van der Waals surface area contributed by atoms with Gasteiger partial charge in [-0.25, -0.2) is 4.39 Å². The molecule has 0 aromatic heterocycles. The lowest BCUT2D eigenvalue weighted by molar-refractivity contribution is 0.149. The van der Waals surface area contributed by atoms with Crippen molar-refractivity contribution in [1.29, 1.82) is 10.7 Å². The first-order valence-corrected chi connectivity index (χ1v) is 8.61. The molecule has 0 radical (unpaired) electrons. The second-order valence-corrected chi connectivity index (χ2v) is 7.68. The highest BCUT2D eigenvalue weighted by molar-refractivity contribution is 6.30. The molecule has 1 aromatic rings. The van der Waals surface area contributed by atoms with Gasteiger partial charge in [0.05, 0.1) is 0 Å². The number of benzene rings is 1. The van der Waals surface area contributed by atoms with Gasteiger partial charge in [0, 0.05) is 11.1 Å². The number of hydrogen-bond donors (Lipinski definition) is 1. The smallest absolute Gasteiger partial charge is 0.185 e. The number of ether oxygens (including phenoxy) is 1. The molecule has 3 rings (SSSR count). The van der Waals surface area contributed by atoms with Crippen LogP contribution in [0.5, 0.6) is 5.75 Å². The highest BCUT2D eigenvalue weighted by Gasteiger charge is 2.46. The van der Waals surface area contributed by atoms with Crippen LogP contribution in [0.25, 0.3) is 0 Å². The first-order valence-electron chi connectivity index (χ1n) is 8.24. The predicted molar refractivity (Wildman–Crippen MR) is 90.5 cm³/mol. The van der Waals surface area contributed by atoms with Crippen LogP contribution in [0.1, 0.15) is 39.5 Å². The summed E-state index contributed by atoms with van der Waals surface area (Å²) in [7, 11) is 0. The number of nitrogens with zero attached hydrogens (tertiary/aromatic N) is 2. The number of hydrogen-bond acceptors (Lipinski definition) is 3. The Morgan fingerprint density at radius 3 is 2.71 bits per heavy atom. The molecule has 6 heteroatoms. The Morgan fingerprint density at radius 1 is 1.42 bits per heavy atom. The van der Waals surface area contributed by atoms with E-state index in [1.54, 1.807) is 13.8 Å². The third-order valence-corrected chi connectivity index (χ3v) is 5.45. The molecule has 2 aliphatic carbocycles. The lowest BCUT2D eigenvalue weighted by Crippen LogP contribution is -2.51. The zero-order chi connectivity index (χ0) is 17.5. The second-order valence-electron chi connectivity index (χ2n) is 7.25. The molecule has 0 spiro atoms. The summed E-state index contributed by atoms with van der Waals surface area (Å²) in [5, 5.41) is 18.4. The molecule has 1 aromatic carbocycles. The van der Waals surface area contributed by atoms with Crippen molar-refractivity contribution in [3.63, 3.8) is 0 Å². The van der Waals surface area contributed by atoms with E-state index in [4.69, 9.17) is 21.7 Å². The van der Waals surface area contributed by atoms with Gasteiger partial charge in [-0.2, -0.15) is 5.26 Å². The fourth-order valence-electron chi connectivity index (χ4n) is 3.99. The highest BCUT2D eigenvalue weighted by Crippen LogP contribution is 2.47. The van der Waals surface area contributed by atoms with E-state index in [2.05, 4.69) is 6.19 Å². The van der Waals surface area contributed by atoms with E-state index in [0.29, 0.717) is 11.8 Å². The second kappa shape index (κ2) is 6.25. The minimum atomic E-state index is -1.12. The largest absolute Gasteiger partial charge is 0.477 e. The number of fused-ring (bicyclic) bond motifs is 2. The normalized spacial score (nSPS) is 25.4. The van der Waals surface area contributed by atoms with Gasteiger partial charge in [-0.3, -0.25) is 10.3 Å². The van der Waals surface area contributed by atoms with E-state index in [1.807, 2.05) is 0 Å². The lowest BCUT2D eigenvalue weighted by atomic mass is 9.93. The summed E-state index contributed by atoms with van der Waals surface area (Å²) in [5.74, 6) is 0.656. The number of rotatable bonds is 4. The Balaban J connectivity index is 1.77. The third kappa shape index (κ3) is 3.08. The molecule has 2 saturated carbocycles. The van der Waals surface area contributed by atoms with Gasteiger partial charge in [0.1, 0.15) is 0 Å². The summed E-state index contributed by atoms with van der Waals surface area (Å²) in [6.45, 7) is 3.36. The van der Waals surface area contributed by atoms with Gasteiger partial charge in [0.25, 0.3) is 0 Å². The zero-order valence-corrected chi connectivity index (χ0v) is 14.6. The minimum Gasteiger partial charge on any atom is -0.477 e. The standard InChI is InChI=1S/C18H21ClFN3O/c1-18(2,24-16-6-5-13(19)9-14(16)20)17(22)23(10-21)15-8-11-3-4-12(15)7-11/h5-6,9,11-12,15,22H,3-4,7-8H2,1-2H3/t11-,12+,15+/m1/s1. The van der Waals surface area contributed by atoms with Crippen LogP contribution in [-0.2, 0) is 0 Å². The van der Waals surface area contributed by atoms with Gasteiger partial charge >= 0.3 is 0 Å². The Bertz CT molecular complexity index is 700. The van der Waals surface area contributed by atoms with Crippen molar-refractivity contribution < 1.29 is 9.13 Å². The average Bonchev–Trinajstić information content (AvgIpc) is 3.14. The monoisotopic (exact) mass is 349 g/mol. The van der Waals surface area contributed by atoms with E-state index in [9.17, 15) is 9.65 Å². The van der Waals surface area contributed by atoms with Crippen molar-refractivity contribution in [3.05, 3.63) is 29.0 Å². The van der Waals surface area contributed by atoms with Crippen LogP contribution < -0.4 is 4.74 Å². The van der Waals surface area contributed by atoms with Crippen LogP contribution in [0, 0.1) is 34.5 Å². The van der Waals surface area contributed by atoms with Gasteiger partial charge < -0.3 is 4.74 Å². The van der Waals surface area contributed by atoms with Crippen LogP contribution in [0.4, 0.5) is 4.39 Å². The maximum atomic E-state index is 14.0. The molecule has 0 saturated heterocycles. The molecular weight excluding hydrogens is 329 g/mol. The quantitative estimate of drug-likeness (QED) is 0.374. The molecule has 0 amide bonds. The highest BCUT2D eigenvalue weighted by atomic mass is 35.5. The summed E-state index contributed by atoms with van der Waals surface area (Å²) in [5.41, 5.74) is -1.12. The van der Waals surface area contributed by atoms with E-state index in [-0.39, 0.29) is 22.6 Å². The fourth-order valence-corrected chi connectivity index (χ4v) is 4.15. The molecule has 2 fully saturated rings. The van der Waals surface area contributed by atoms with Crippen LogP contribution in [0.2, 0.25) is 5.02 Å². The zero-order valence-electron chi connectivity index (χ0n) is 13.9. The van der Waals surface area contributed by atoms with Crippen molar-refractivity contribution in [2.45, 2.75) is 51.2 Å². The Hall–Kier alpha value is -1.80. The van der Waals surface area contributed by atoms with E-state index in [1.165, 1.54) is 29.5 Å². The summed E-state index contributed by atoms with van der Waals surface area (Å²) >= 11 is 5.76. The maximum absolute atomic E-state index is 14.0. The van der Waals surface area contributed by atoms with Crippen molar-refractivity contribution in [1.82, 2.24) is 4.90 Å². The molecule has 0 unspecified atom stereocenters. The number of nitriles is 1. The summed E-state index contributed by atoms with van der Waals surface area (Å²) in [4.78, 5) is 1.47. The number of nitrogens with one attached hydrogen (secondary N) is 1. The summed E-state index contributed by atoms with van der Waals surface area (Å²) < 4.78 is 19.7. The van der Waals surface area contributed by atoms with Gasteiger partial charge in [-0.05, 0) is 63.1 Å². The Labute approximate surface area is 146 Å². The van der Waals surface area contributed by atoms with Crippen LogP contribution in [0.15, 0.2) is 18.2 Å². The summed E-state index contributed by atoms with van der Waals surface area (Å²) in [6, 6.07) is 4.23. The first kappa shape index (κ1) is 17.0. The fraction of sp³-hybridized carbons (Fsp3) is 0.556. The molecule has 0 heterocycles. The van der Waals surface area contributed by atoms with Crippen LogP contribution in [0.3, 0.4) is 0 Å². The van der Waals surface area contributed by atoms with E-state index >= 15 is 0 Å². The Morgan fingerprint density at radius 2 is 2.17 bits per heavy atom. The number of halogens is 2. The molecule has 4 nitrogen and oxygen atoms in total. The topological polar surface area (TPSA) is 60.1 Å². The van der Waals surface area contributed by atoms with E-state index in [0.717, 1.165) is 19.3 Å². The lowest BCUT2D eigenvalue weighted by Gasteiger charge is -2.36. The van der Waals surface area contributed by atoms with Crippen molar-refractivity contribution >= 4 is 17.4 Å². The first-order chi connectivity index (χ1) is 11.3. The average molecular weight is 350 g/mol. The predicted octanol–water partition coefficient (Wildman–Crippen LogP) is 4.59. The van der Waals surface area contributed by atoms with Crippen molar-refractivity contribution in [2.24, 2.45) is 11.8 Å². The molecule has 24 heavy (non-hydrogen) atoms. The molecule has 2 aliphatic rings. The molecular formula is C18H21ClFN3O. The van der Waals surface area contributed by atoms with E-state index < -0.39 is 11.4 Å². The van der Waals surface area contributed by atoms with Gasteiger partial charge in [0.2, 0.25) is 0 Å². The van der Waals surface area contributed by atoms with Gasteiger partial charge in [0.15, 0.2) is 29.2 Å². The molecule has 0 aliphatic heterocycles. The Kier molecular flexibility index (Phi) is 4.44. The van der Waals surface area contributed by atoms with Crippen molar-refractivity contribution in [2.75, 3.05) is 0 Å². The molecule has 2 bridgehead atoms. The minimum absolute atomic E-state index is 0.0278. The van der Waals surface area contributed by atoms with Gasteiger partial charge in [-0.1, -0.05) is 18.0 Å². The third-order valence-electron chi connectivity index (χ3n) is 5.21. The molecule has 3 atom stereocenters. The molecule has 1 N–H and O–H groups in total. The van der Waals surface area contributed by atoms with Crippen molar-refractivity contribution in [3.8, 4) is 11.9 Å². The summed E-state index contributed by atoms with van der Waals surface area (Å²) in [6.07, 6.45) is 6.60. The SMILES string of the molecule is CC(C)(Oc1ccc(Cl)cc1F)C(=N)N(C#N)[C@H]1C[C@@H]2CC[C@H]1C2. The van der Waals surface area contributed by atoms with Crippen LogP contribution >= 0.6 is 11.6 Å². The van der Waals surface area contributed by atoms with Gasteiger partial charge in [-0.15, -0.1) is 0 Å².